The summed E-state index contributed by atoms with van der Waals surface area (Å²) in [6.45, 7) is 2.83. The molecule has 2 saturated carbocycles. The Labute approximate surface area is 126 Å². The highest BCUT2D eigenvalue weighted by Crippen LogP contribution is 2.48. The standard InChI is InChI=1S/C18H26FNO/c1-2-17(20)10-14-9-16(19)5-6-18(14)21-11-15-8-12-3-4-13(15)7-12/h5-6,9,12-13,15,17H,2-4,7-8,10-11,20H2,1H3. The first-order chi connectivity index (χ1) is 10.2. The maximum Gasteiger partial charge on any atom is 0.123 e. The van der Waals surface area contributed by atoms with E-state index in [-0.39, 0.29) is 11.9 Å². The Balaban J connectivity index is 1.64. The molecular weight excluding hydrogens is 265 g/mol. The minimum Gasteiger partial charge on any atom is -0.493 e. The van der Waals surface area contributed by atoms with Crippen LogP contribution in [0.5, 0.6) is 5.75 Å². The zero-order valence-electron chi connectivity index (χ0n) is 12.9. The second-order valence-electron chi connectivity index (χ2n) is 6.87. The van der Waals surface area contributed by atoms with E-state index >= 15 is 0 Å². The smallest absolute Gasteiger partial charge is 0.123 e. The third-order valence-corrected chi connectivity index (χ3v) is 5.37. The van der Waals surface area contributed by atoms with Gasteiger partial charge in [-0.3, -0.25) is 0 Å². The zero-order chi connectivity index (χ0) is 14.8. The molecule has 0 radical (unpaired) electrons. The summed E-state index contributed by atoms with van der Waals surface area (Å²) in [5.41, 5.74) is 6.92. The molecule has 4 unspecified atom stereocenters. The van der Waals surface area contributed by atoms with Gasteiger partial charge in [-0.15, -0.1) is 0 Å². The van der Waals surface area contributed by atoms with E-state index in [2.05, 4.69) is 6.92 Å². The highest BCUT2D eigenvalue weighted by molar-refractivity contribution is 5.34. The van der Waals surface area contributed by atoms with E-state index in [1.165, 1.54) is 31.7 Å². The van der Waals surface area contributed by atoms with Gasteiger partial charge in [0.2, 0.25) is 0 Å². The Morgan fingerprint density at radius 3 is 2.86 bits per heavy atom. The van der Waals surface area contributed by atoms with Gasteiger partial charge in [-0.25, -0.2) is 4.39 Å². The Bertz CT molecular complexity index is 490. The molecule has 2 bridgehead atoms. The van der Waals surface area contributed by atoms with E-state index in [0.29, 0.717) is 12.3 Å². The summed E-state index contributed by atoms with van der Waals surface area (Å²) in [5.74, 6) is 3.10. The van der Waals surface area contributed by atoms with Gasteiger partial charge in [-0.05, 0) is 73.6 Å². The van der Waals surface area contributed by atoms with Crippen molar-refractivity contribution in [2.45, 2.75) is 51.5 Å². The number of rotatable bonds is 6. The first-order valence-electron chi connectivity index (χ1n) is 8.32. The van der Waals surface area contributed by atoms with E-state index in [4.69, 9.17) is 10.5 Å². The summed E-state index contributed by atoms with van der Waals surface area (Å²) in [6.07, 6.45) is 7.06. The number of halogens is 1. The van der Waals surface area contributed by atoms with Crippen LogP contribution in [0.3, 0.4) is 0 Å². The lowest BCUT2D eigenvalue weighted by Crippen LogP contribution is -2.23. The first kappa shape index (κ1) is 14.8. The molecule has 116 valence electrons. The minimum absolute atomic E-state index is 0.0663. The molecule has 2 nitrogen and oxygen atoms in total. The second-order valence-corrected chi connectivity index (χ2v) is 6.87. The molecule has 0 heterocycles. The summed E-state index contributed by atoms with van der Waals surface area (Å²) >= 11 is 0. The summed E-state index contributed by atoms with van der Waals surface area (Å²) < 4.78 is 19.5. The highest BCUT2D eigenvalue weighted by Gasteiger charge is 2.39. The van der Waals surface area contributed by atoms with E-state index in [0.717, 1.165) is 36.2 Å². The quantitative estimate of drug-likeness (QED) is 0.862. The van der Waals surface area contributed by atoms with Crippen LogP contribution in [0.1, 0.15) is 44.6 Å². The average Bonchev–Trinajstić information content (AvgIpc) is 3.09. The summed E-state index contributed by atoms with van der Waals surface area (Å²) in [4.78, 5) is 0. The molecule has 4 atom stereocenters. The van der Waals surface area contributed by atoms with Gasteiger partial charge in [0.25, 0.3) is 0 Å². The molecule has 2 fully saturated rings. The SMILES string of the molecule is CCC(N)Cc1cc(F)ccc1OCC1CC2CCC1C2. The molecule has 1 aromatic rings. The Morgan fingerprint density at radius 2 is 2.19 bits per heavy atom. The maximum absolute atomic E-state index is 13.5. The van der Waals surface area contributed by atoms with Crippen molar-refractivity contribution in [3.63, 3.8) is 0 Å². The van der Waals surface area contributed by atoms with Crippen molar-refractivity contribution in [3.8, 4) is 5.75 Å². The average molecular weight is 291 g/mol. The van der Waals surface area contributed by atoms with E-state index < -0.39 is 0 Å². The van der Waals surface area contributed by atoms with Crippen LogP contribution in [0.25, 0.3) is 0 Å². The molecule has 21 heavy (non-hydrogen) atoms. The Hall–Kier alpha value is -1.09. The summed E-state index contributed by atoms with van der Waals surface area (Å²) in [7, 11) is 0. The van der Waals surface area contributed by atoms with Crippen molar-refractivity contribution < 1.29 is 9.13 Å². The van der Waals surface area contributed by atoms with Gasteiger partial charge in [-0.1, -0.05) is 13.3 Å². The predicted octanol–water partition coefficient (Wildman–Crippen LogP) is 3.92. The Morgan fingerprint density at radius 1 is 1.33 bits per heavy atom. The zero-order valence-corrected chi connectivity index (χ0v) is 12.9. The fourth-order valence-corrected chi connectivity index (χ4v) is 4.05. The number of ether oxygens (including phenoxy) is 1. The number of benzene rings is 1. The maximum atomic E-state index is 13.5. The summed E-state index contributed by atoms with van der Waals surface area (Å²) in [5, 5.41) is 0. The van der Waals surface area contributed by atoms with Gasteiger partial charge in [0.1, 0.15) is 11.6 Å². The normalized spacial score (nSPS) is 28.8. The van der Waals surface area contributed by atoms with Crippen molar-refractivity contribution in [3.05, 3.63) is 29.6 Å². The van der Waals surface area contributed by atoms with Crippen LogP contribution < -0.4 is 10.5 Å². The lowest BCUT2D eigenvalue weighted by molar-refractivity contribution is 0.193. The van der Waals surface area contributed by atoms with Crippen molar-refractivity contribution >= 4 is 0 Å². The number of fused-ring (bicyclic) bond motifs is 2. The molecular formula is C18H26FNO. The van der Waals surface area contributed by atoms with Gasteiger partial charge >= 0.3 is 0 Å². The molecule has 1 aromatic carbocycles. The van der Waals surface area contributed by atoms with Crippen LogP contribution in [0.2, 0.25) is 0 Å². The Kier molecular flexibility index (Phi) is 4.48. The van der Waals surface area contributed by atoms with Crippen LogP contribution in [0, 0.1) is 23.6 Å². The monoisotopic (exact) mass is 291 g/mol. The van der Waals surface area contributed by atoms with Crippen molar-refractivity contribution in [2.75, 3.05) is 6.61 Å². The van der Waals surface area contributed by atoms with Crippen molar-refractivity contribution in [2.24, 2.45) is 23.5 Å². The van der Waals surface area contributed by atoms with Gasteiger partial charge in [0, 0.05) is 6.04 Å². The third-order valence-electron chi connectivity index (χ3n) is 5.37. The van der Waals surface area contributed by atoms with Crippen molar-refractivity contribution in [1.82, 2.24) is 0 Å². The third kappa shape index (κ3) is 3.39. The molecule has 0 amide bonds. The molecule has 0 aromatic heterocycles. The largest absolute Gasteiger partial charge is 0.493 e. The topological polar surface area (TPSA) is 35.2 Å². The number of hydrogen-bond acceptors (Lipinski definition) is 2. The number of nitrogens with two attached hydrogens (primary N) is 1. The van der Waals surface area contributed by atoms with Gasteiger partial charge in [0.05, 0.1) is 6.61 Å². The van der Waals surface area contributed by atoms with Crippen LogP contribution in [-0.4, -0.2) is 12.6 Å². The fourth-order valence-electron chi connectivity index (χ4n) is 4.05. The minimum atomic E-state index is -0.208. The van der Waals surface area contributed by atoms with Crippen LogP contribution in [-0.2, 0) is 6.42 Å². The second kappa shape index (κ2) is 6.35. The van der Waals surface area contributed by atoms with E-state index in [1.807, 2.05) is 0 Å². The molecule has 0 saturated heterocycles. The van der Waals surface area contributed by atoms with Gasteiger partial charge in [0.15, 0.2) is 0 Å². The molecule has 2 aliphatic rings. The molecule has 2 N–H and O–H groups in total. The van der Waals surface area contributed by atoms with E-state index in [1.54, 1.807) is 12.1 Å². The van der Waals surface area contributed by atoms with E-state index in [9.17, 15) is 4.39 Å². The molecule has 2 aliphatic carbocycles. The molecule has 3 heteroatoms. The first-order valence-corrected chi connectivity index (χ1v) is 8.32. The fraction of sp³-hybridized carbons (Fsp3) is 0.667. The highest BCUT2D eigenvalue weighted by atomic mass is 19.1. The van der Waals surface area contributed by atoms with Gasteiger partial charge < -0.3 is 10.5 Å². The summed E-state index contributed by atoms with van der Waals surface area (Å²) in [6, 6.07) is 4.89. The molecule has 0 aliphatic heterocycles. The molecule has 0 spiro atoms. The lowest BCUT2D eigenvalue weighted by atomic mass is 9.89. The lowest BCUT2D eigenvalue weighted by Gasteiger charge is -2.23. The predicted molar refractivity (Wildman–Crippen MR) is 82.8 cm³/mol. The number of hydrogen-bond donors (Lipinski definition) is 1. The van der Waals surface area contributed by atoms with Crippen LogP contribution >= 0.6 is 0 Å². The van der Waals surface area contributed by atoms with Crippen LogP contribution in [0.15, 0.2) is 18.2 Å². The molecule has 3 rings (SSSR count). The van der Waals surface area contributed by atoms with Gasteiger partial charge in [-0.2, -0.15) is 0 Å². The van der Waals surface area contributed by atoms with Crippen LogP contribution in [0.4, 0.5) is 4.39 Å². The van der Waals surface area contributed by atoms with Crippen molar-refractivity contribution in [1.29, 1.82) is 0 Å².